The van der Waals surface area contributed by atoms with Gasteiger partial charge in [0.2, 0.25) is 0 Å². The van der Waals surface area contributed by atoms with Crippen LogP contribution in [-0.2, 0) is 12.8 Å². The van der Waals surface area contributed by atoms with Crippen LogP contribution in [0.5, 0.6) is 5.75 Å². The van der Waals surface area contributed by atoms with Crippen LogP contribution in [-0.4, -0.2) is 11.2 Å². The van der Waals surface area contributed by atoms with Crippen LogP contribution in [0.25, 0.3) is 0 Å². The molecule has 0 aliphatic carbocycles. The molecule has 0 spiro atoms. The van der Waals surface area contributed by atoms with E-state index in [-0.39, 0.29) is 6.10 Å². The number of aryl methyl sites for hydroxylation is 1. The summed E-state index contributed by atoms with van der Waals surface area (Å²) in [4.78, 5) is 0. The Morgan fingerprint density at radius 2 is 1.90 bits per heavy atom. The molecular formula is C18H20O2. The molecule has 0 amide bonds. The van der Waals surface area contributed by atoms with E-state index in [2.05, 4.69) is 25.1 Å². The van der Waals surface area contributed by atoms with Crippen molar-refractivity contribution in [3.05, 3.63) is 65.2 Å². The molecule has 2 unspecified atom stereocenters. The number of aliphatic hydroxyl groups excluding tert-OH is 1. The molecule has 3 rings (SSSR count). The molecule has 2 atom stereocenters. The van der Waals surface area contributed by atoms with E-state index in [1.165, 1.54) is 11.1 Å². The van der Waals surface area contributed by atoms with E-state index in [0.29, 0.717) is 0 Å². The fraction of sp³-hybridized carbons (Fsp3) is 0.333. The number of ether oxygens (including phenoxy) is 1. The van der Waals surface area contributed by atoms with Gasteiger partial charge in [0.15, 0.2) is 0 Å². The lowest BCUT2D eigenvalue weighted by molar-refractivity contribution is 0.0492. The summed E-state index contributed by atoms with van der Waals surface area (Å²) in [6, 6.07) is 16.2. The van der Waals surface area contributed by atoms with Crippen LogP contribution in [0.4, 0.5) is 0 Å². The van der Waals surface area contributed by atoms with Gasteiger partial charge in [-0.05, 0) is 29.2 Å². The van der Waals surface area contributed by atoms with Gasteiger partial charge >= 0.3 is 0 Å². The Balaban J connectivity index is 1.72. The Morgan fingerprint density at radius 3 is 2.60 bits per heavy atom. The normalized spacial score (nSPS) is 18.4. The third-order valence-corrected chi connectivity index (χ3v) is 3.88. The van der Waals surface area contributed by atoms with E-state index >= 15 is 0 Å². The minimum atomic E-state index is -0.571. The Hall–Kier alpha value is -1.80. The molecule has 0 fully saturated rings. The highest BCUT2D eigenvalue weighted by molar-refractivity contribution is 5.38. The van der Waals surface area contributed by atoms with Gasteiger partial charge < -0.3 is 9.84 Å². The Labute approximate surface area is 120 Å². The van der Waals surface area contributed by atoms with Crippen LogP contribution in [0, 0.1) is 0 Å². The molecule has 2 aromatic carbocycles. The first kappa shape index (κ1) is 13.2. The van der Waals surface area contributed by atoms with Gasteiger partial charge in [0, 0.05) is 6.42 Å². The summed E-state index contributed by atoms with van der Waals surface area (Å²) in [6.07, 6.45) is 2.25. The van der Waals surface area contributed by atoms with Crippen LogP contribution in [0.1, 0.15) is 36.1 Å². The topological polar surface area (TPSA) is 29.5 Å². The van der Waals surface area contributed by atoms with E-state index in [4.69, 9.17) is 4.74 Å². The van der Waals surface area contributed by atoms with Crippen molar-refractivity contribution in [2.24, 2.45) is 0 Å². The Morgan fingerprint density at radius 1 is 1.15 bits per heavy atom. The molecule has 2 heteroatoms. The zero-order chi connectivity index (χ0) is 13.9. The molecular weight excluding hydrogens is 248 g/mol. The number of fused-ring (bicyclic) bond motifs is 1. The molecule has 0 bridgehead atoms. The molecule has 0 aromatic heterocycles. The SMILES string of the molecule is CCCc1ccc(C(O)C2Cc3ccccc3O2)cc1. The molecule has 1 aliphatic rings. The largest absolute Gasteiger partial charge is 0.487 e. The van der Waals surface area contributed by atoms with Crippen LogP contribution in [0.2, 0.25) is 0 Å². The van der Waals surface area contributed by atoms with E-state index in [9.17, 15) is 5.11 Å². The van der Waals surface area contributed by atoms with Gasteiger partial charge in [-0.1, -0.05) is 55.8 Å². The molecule has 0 radical (unpaired) electrons. The number of aliphatic hydroxyl groups is 1. The molecule has 1 aliphatic heterocycles. The molecule has 1 N–H and O–H groups in total. The molecule has 2 aromatic rings. The van der Waals surface area contributed by atoms with Gasteiger partial charge in [0.25, 0.3) is 0 Å². The van der Waals surface area contributed by atoms with Crippen LogP contribution in [0.15, 0.2) is 48.5 Å². The number of hydrogen-bond donors (Lipinski definition) is 1. The summed E-state index contributed by atoms with van der Waals surface area (Å²) in [5.74, 6) is 0.902. The first-order chi connectivity index (χ1) is 9.78. The van der Waals surface area contributed by atoms with Gasteiger partial charge in [-0.2, -0.15) is 0 Å². The maximum absolute atomic E-state index is 10.5. The Bertz CT molecular complexity index is 549. The van der Waals surface area contributed by atoms with E-state index in [1.54, 1.807) is 0 Å². The lowest BCUT2D eigenvalue weighted by Crippen LogP contribution is -2.23. The number of rotatable bonds is 4. The quantitative estimate of drug-likeness (QED) is 0.916. The van der Waals surface area contributed by atoms with Crippen molar-refractivity contribution < 1.29 is 9.84 Å². The number of benzene rings is 2. The van der Waals surface area contributed by atoms with Crippen molar-refractivity contribution in [2.45, 2.75) is 38.4 Å². The fourth-order valence-electron chi connectivity index (χ4n) is 2.77. The molecule has 1 heterocycles. The van der Waals surface area contributed by atoms with Crippen molar-refractivity contribution in [2.75, 3.05) is 0 Å². The maximum atomic E-state index is 10.5. The van der Waals surface area contributed by atoms with Gasteiger partial charge in [0.05, 0.1) is 0 Å². The summed E-state index contributed by atoms with van der Waals surface area (Å²) >= 11 is 0. The first-order valence-corrected chi connectivity index (χ1v) is 7.29. The van der Waals surface area contributed by atoms with Crippen molar-refractivity contribution >= 4 is 0 Å². The molecule has 104 valence electrons. The third-order valence-electron chi connectivity index (χ3n) is 3.88. The van der Waals surface area contributed by atoms with Gasteiger partial charge in [-0.15, -0.1) is 0 Å². The van der Waals surface area contributed by atoms with Gasteiger partial charge in [0.1, 0.15) is 18.0 Å². The van der Waals surface area contributed by atoms with Crippen molar-refractivity contribution in [1.29, 1.82) is 0 Å². The summed E-state index contributed by atoms with van der Waals surface area (Å²) < 4.78 is 5.85. The Kier molecular flexibility index (Phi) is 3.75. The van der Waals surface area contributed by atoms with Crippen molar-refractivity contribution in [3.63, 3.8) is 0 Å². The summed E-state index contributed by atoms with van der Waals surface area (Å²) in [7, 11) is 0. The highest BCUT2D eigenvalue weighted by Gasteiger charge is 2.29. The highest BCUT2D eigenvalue weighted by Crippen LogP contribution is 2.34. The molecule has 20 heavy (non-hydrogen) atoms. The van der Waals surface area contributed by atoms with E-state index in [0.717, 1.165) is 30.6 Å². The van der Waals surface area contributed by atoms with Crippen LogP contribution < -0.4 is 4.74 Å². The molecule has 0 saturated carbocycles. The molecule has 2 nitrogen and oxygen atoms in total. The maximum Gasteiger partial charge on any atom is 0.133 e. The smallest absolute Gasteiger partial charge is 0.133 e. The lowest BCUT2D eigenvalue weighted by atomic mass is 9.98. The standard InChI is InChI=1S/C18H20O2/c1-2-5-13-8-10-14(11-9-13)18(19)17-12-15-6-3-4-7-16(15)20-17/h3-4,6-11,17-19H,2,5,12H2,1H3. The minimum Gasteiger partial charge on any atom is -0.487 e. The molecule has 0 saturated heterocycles. The van der Waals surface area contributed by atoms with E-state index < -0.39 is 6.10 Å². The summed E-state index contributed by atoms with van der Waals surface area (Å²) in [5.41, 5.74) is 3.43. The van der Waals surface area contributed by atoms with Crippen LogP contribution in [0.3, 0.4) is 0 Å². The van der Waals surface area contributed by atoms with Crippen molar-refractivity contribution in [3.8, 4) is 5.75 Å². The number of hydrogen-bond acceptors (Lipinski definition) is 2. The fourth-order valence-corrected chi connectivity index (χ4v) is 2.77. The third kappa shape index (κ3) is 2.56. The average molecular weight is 268 g/mol. The predicted molar refractivity (Wildman–Crippen MR) is 80.0 cm³/mol. The predicted octanol–water partition coefficient (Wildman–Crippen LogP) is 3.68. The zero-order valence-corrected chi connectivity index (χ0v) is 11.8. The van der Waals surface area contributed by atoms with E-state index in [1.807, 2.05) is 30.3 Å². The average Bonchev–Trinajstić information content (AvgIpc) is 2.91. The van der Waals surface area contributed by atoms with Crippen LogP contribution >= 0.6 is 0 Å². The summed E-state index contributed by atoms with van der Waals surface area (Å²) in [6.45, 7) is 2.17. The number of para-hydroxylation sites is 1. The second-order valence-electron chi connectivity index (χ2n) is 5.40. The second-order valence-corrected chi connectivity index (χ2v) is 5.40. The minimum absolute atomic E-state index is 0.176. The highest BCUT2D eigenvalue weighted by atomic mass is 16.5. The van der Waals surface area contributed by atoms with Gasteiger partial charge in [-0.25, -0.2) is 0 Å². The summed E-state index contributed by atoms with van der Waals surface area (Å²) in [5, 5.41) is 10.5. The monoisotopic (exact) mass is 268 g/mol. The first-order valence-electron chi connectivity index (χ1n) is 7.29. The van der Waals surface area contributed by atoms with Crippen molar-refractivity contribution in [1.82, 2.24) is 0 Å². The van der Waals surface area contributed by atoms with Gasteiger partial charge in [-0.3, -0.25) is 0 Å². The second kappa shape index (κ2) is 5.68. The lowest BCUT2D eigenvalue weighted by Gasteiger charge is -2.18. The zero-order valence-electron chi connectivity index (χ0n) is 11.8.